The van der Waals surface area contributed by atoms with Crippen molar-refractivity contribution < 1.29 is 31.9 Å². The summed E-state index contributed by atoms with van der Waals surface area (Å²) in [5.74, 6) is -3.21. The van der Waals surface area contributed by atoms with Gasteiger partial charge >= 0.3 is 0 Å². The van der Waals surface area contributed by atoms with Crippen molar-refractivity contribution in [3.05, 3.63) is 12.7 Å². The number of thioether (sulfide) groups is 3. The standard InChI is InChI=1S/C18H25F4IO3S3/c1-5-6-14(27-11(2)24)8-17(19,20)9-15(28-12(3)25)7-16(29-13(4)26)10-18(21,22)23/h5,14-16H,1,6-10H2,2-4H3. The van der Waals surface area contributed by atoms with Gasteiger partial charge in [-0.1, -0.05) is 41.4 Å². The second kappa shape index (κ2) is 13.6. The number of allylic oxidation sites excluding steroid dienone is 1. The van der Waals surface area contributed by atoms with Crippen molar-refractivity contribution >= 4 is 73.2 Å². The Balaban J connectivity index is 5.35. The molecule has 3 unspecified atom stereocenters. The summed E-state index contributed by atoms with van der Waals surface area (Å²) < 4.78 is 53.2. The third-order valence-electron chi connectivity index (χ3n) is 3.46. The number of hydrogen-bond donors (Lipinski definition) is 0. The molecule has 0 aromatic rings. The molecule has 11 heteroatoms. The molecule has 0 N–H and O–H groups in total. The molecule has 3 nitrogen and oxygen atoms in total. The van der Waals surface area contributed by atoms with Gasteiger partial charge < -0.3 is 0 Å². The third kappa shape index (κ3) is 16.6. The van der Waals surface area contributed by atoms with E-state index in [1.165, 1.54) is 26.8 Å². The Kier molecular flexibility index (Phi) is 13.7. The fourth-order valence-corrected chi connectivity index (χ4v) is 6.91. The minimum atomic E-state index is -3.21. The first-order valence-corrected chi connectivity index (χ1v) is 12.4. The molecule has 0 rings (SSSR count). The summed E-state index contributed by atoms with van der Waals surface area (Å²) in [4.78, 5) is 34.2. The lowest BCUT2D eigenvalue weighted by Crippen LogP contribution is -2.30. The van der Waals surface area contributed by atoms with Gasteiger partial charge in [-0.2, -0.15) is 8.78 Å². The molecule has 0 fully saturated rings. The smallest absolute Gasteiger partial charge is 0.288 e. The van der Waals surface area contributed by atoms with Gasteiger partial charge in [-0.05, 0) is 35.4 Å². The summed E-state index contributed by atoms with van der Waals surface area (Å²) in [6.07, 6.45) is -0.405. The second-order valence-electron chi connectivity index (χ2n) is 6.54. The van der Waals surface area contributed by atoms with E-state index in [0.717, 1.165) is 34.4 Å². The lowest BCUT2D eigenvalue weighted by Gasteiger charge is -2.28. The molecule has 0 aliphatic heterocycles. The van der Waals surface area contributed by atoms with E-state index in [2.05, 4.69) is 6.58 Å². The molecule has 0 aromatic heterocycles. The van der Waals surface area contributed by atoms with Crippen LogP contribution in [0.2, 0.25) is 0 Å². The van der Waals surface area contributed by atoms with Gasteiger partial charge in [-0.3, -0.25) is 14.4 Å². The summed E-state index contributed by atoms with van der Waals surface area (Å²) >= 11 is 3.12. The van der Waals surface area contributed by atoms with Crippen molar-refractivity contribution in [2.75, 3.05) is 0 Å². The molecular formula is C18H25F4IO3S3. The van der Waals surface area contributed by atoms with Crippen molar-refractivity contribution in [3.63, 3.8) is 0 Å². The Morgan fingerprint density at radius 1 is 0.862 bits per heavy atom. The molecule has 0 radical (unpaired) electrons. The van der Waals surface area contributed by atoms with Crippen LogP contribution < -0.4 is 0 Å². The zero-order valence-corrected chi connectivity index (χ0v) is 21.0. The second-order valence-corrected chi connectivity index (χ2v) is 12.5. The van der Waals surface area contributed by atoms with E-state index in [9.17, 15) is 31.9 Å². The van der Waals surface area contributed by atoms with Crippen LogP contribution in [0, 0.1) is 0 Å². The molecule has 0 spiro atoms. The van der Waals surface area contributed by atoms with E-state index in [-0.39, 0.29) is 18.0 Å². The van der Waals surface area contributed by atoms with E-state index in [4.69, 9.17) is 0 Å². The van der Waals surface area contributed by atoms with Crippen molar-refractivity contribution in [1.29, 1.82) is 0 Å². The SMILES string of the molecule is C=CCC(CC(F)(F)CC(CC(CC(F)(F)I)SC(C)=O)SC(C)=O)SC(C)=O. The number of carbonyl (C=O) groups is 3. The molecular weight excluding hydrogens is 563 g/mol. The van der Waals surface area contributed by atoms with E-state index in [1.807, 2.05) is 0 Å². The van der Waals surface area contributed by atoms with Gasteiger partial charge in [-0.15, -0.1) is 6.58 Å². The number of alkyl halides is 5. The van der Waals surface area contributed by atoms with E-state index >= 15 is 0 Å². The maximum Gasteiger partial charge on any atom is 0.297 e. The predicted molar refractivity (Wildman–Crippen MR) is 123 cm³/mol. The Hall–Kier alpha value is 0.250. The van der Waals surface area contributed by atoms with E-state index < -0.39 is 55.1 Å². The average Bonchev–Trinajstić information content (AvgIpc) is 2.41. The molecule has 0 saturated carbocycles. The first-order valence-electron chi connectivity index (χ1n) is 8.70. The minimum absolute atomic E-state index is 0.130. The Labute approximate surface area is 195 Å². The largest absolute Gasteiger partial charge is 0.297 e. The predicted octanol–water partition coefficient (Wildman–Crippen LogP) is 6.73. The highest BCUT2D eigenvalue weighted by Gasteiger charge is 2.39. The van der Waals surface area contributed by atoms with Crippen molar-refractivity contribution in [2.24, 2.45) is 0 Å². The maximum atomic E-state index is 14.7. The molecule has 168 valence electrons. The van der Waals surface area contributed by atoms with Gasteiger partial charge in [0.25, 0.3) is 3.93 Å². The zero-order valence-electron chi connectivity index (χ0n) is 16.4. The number of hydrogen-bond acceptors (Lipinski definition) is 6. The molecule has 0 aliphatic carbocycles. The van der Waals surface area contributed by atoms with Gasteiger partial charge in [0.2, 0.25) is 5.92 Å². The fraction of sp³-hybridized carbons (Fsp3) is 0.722. The van der Waals surface area contributed by atoms with E-state index in [1.54, 1.807) is 0 Å². The average molecular weight is 588 g/mol. The van der Waals surface area contributed by atoms with Crippen molar-refractivity contribution in [2.45, 2.75) is 78.5 Å². The Morgan fingerprint density at radius 3 is 1.62 bits per heavy atom. The molecule has 0 aromatic carbocycles. The Bertz CT molecular complexity index is 585. The summed E-state index contributed by atoms with van der Waals surface area (Å²) in [6.45, 7) is 7.26. The molecule has 0 aliphatic rings. The van der Waals surface area contributed by atoms with Gasteiger partial charge in [0.15, 0.2) is 15.3 Å². The minimum Gasteiger partial charge on any atom is -0.288 e. The van der Waals surface area contributed by atoms with Crippen LogP contribution in [0.25, 0.3) is 0 Å². The molecule has 29 heavy (non-hydrogen) atoms. The zero-order chi connectivity index (χ0) is 22.8. The highest BCUT2D eigenvalue weighted by molar-refractivity contribution is 14.1. The van der Waals surface area contributed by atoms with Crippen LogP contribution in [0.4, 0.5) is 17.6 Å². The number of halogens is 5. The van der Waals surface area contributed by atoms with Crippen LogP contribution in [-0.4, -0.2) is 40.9 Å². The quantitative estimate of drug-likeness (QED) is 0.103. The van der Waals surface area contributed by atoms with Gasteiger partial charge in [0, 0.05) is 55.8 Å². The van der Waals surface area contributed by atoms with Crippen LogP contribution in [0.1, 0.15) is 52.9 Å². The van der Waals surface area contributed by atoms with Crippen LogP contribution in [-0.2, 0) is 14.4 Å². The van der Waals surface area contributed by atoms with Gasteiger partial charge in [0.1, 0.15) is 0 Å². The van der Waals surface area contributed by atoms with Crippen LogP contribution in [0.5, 0.6) is 0 Å². The lowest BCUT2D eigenvalue weighted by molar-refractivity contribution is -0.110. The van der Waals surface area contributed by atoms with Gasteiger partial charge in [0.05, 0.1) is 0 Å². The molecule has 3 atom stereocenters. The van der Waals surface area contributed by atoms with Crippen LogP contribution >= 0.6 is 57.9 Å². The van der Waals surface area contributed by atoms with Gasteiger partial charge in [-0.25, -0.2) is 8.78 Å². The van der Waals surface area contributed by atoms with Crippen molar-refractivity contribution in [1.82, 2.24) is 0 Å². The summed E-state index contributed by atoms with van der Waals surface area (Å²) in [7, 11) is 0. The highest BCUT2D eigenvalue weighted by atomic mass is 127. The fourth-order valence-electron chi connectivity index (χ4n) is 2.71. The number of carbonyl (C=O) groups excluding carboxylic acids is 3. The third-order valence-corrected chi connectivity index (χ3v) is 6.98. The van der Waals surface area contributed by atoms with Crippen LogP contribution in [0.15, 0.2) is 12.7 Å². The summed E-state index contributed by atoms with van der Waals surface area (Å²) in [5, 5.41) is -3.56. The molecule has 0 heterocycles. The normalized spacial score (nSPS) is 15.4. The first kappa shape index (κ1) is 29.2. The number of rotatable bonds is 13. The van der Waals surface area contributed by atoms with Crippen LogP contribution in [0.3, 0.4) is 0 Å². The Morgan fingerprint density at radius 2 is 1.24 bits per heavy atom. The highest BCUT2D eigenvalue weighted by Crippen LogP contribution is 2.40. The lowest BCUT2D eigenvalue weighted by atomic mass is 10.0. The molecule has 0 saturated heterocycles. The summed E-state index contributed by atoms with van der Waals surface area (Å²) in [5.41, 5.74) is 0. The topological polar surface area (TPSA) is 51.2 Å². The maximum absolute atomic E-state index is 14.7. The summed E-state index contributed by atoms with van der Waals surface area (Å²) in [6, 6.07) is 0. The molecule has 0 bridgehead atoms. The monoisotopic (exact) mass is 588 g/mol. The van der Waals surface area contributed by atoms with Crippen molar-refractivity contribution in [3.8, 4) is 0 Å². The molecule has 0 amide bonds. The van der Waals surface area contributed by atoms with E-state index in [0.29, 0.717) is 23.5 Å². The first-order chi connectivity index (χ1) is 13.1.